The normalized spacial score (nSPS) is 43.4. The number of allylic oxidation sites excluding steroid dienone is 1. The van der Waals surface area contributed by atoms with Gasteiger partial charge in [0.1, 0.15) is 0 Å². The van der Waals surface area contributed by atoms with Gasteiger partial charge in [0.25, 0.3) is 0 Å². The van der Waals surface area contributed by atoms with Crippen molar-refractivity contribution in [1.29, 1.82) is 0 Å². The van der Waals surface area contributed by atoms with Crippen molar-refractivity contribution in [3.63, 3.8) is 0 Å². The Morgan fingerprint density at radius 2 is 1.68 bits per heavy atom. The molecule has 178 valence electrons. The van der Waals surface area contributed by atoms with Crippen molar-refractivity contribution in [2.75, 3.05) is 0 Å². The van der Waals surface area contributed by atoms with Crippen LogP contribution in [0.25, 0.3) is 0 Å². The van der Waals surface area contributed by atoms with E-state index < -0.39 is 0 Å². The van der Waals surface area contributed by atoms with Gasteiger partial charge in [-0.25, -0.2) is 0 Å². The fraction of sp³-hybridized carbons (Fsp3) is 0.933. The molecule has 0 aliphatic heterocycles. The van der Waals surface area contributed by atoms with Gasteiger partial charge in [0, 0.05) is 12.1 Å². The third-order valence-corrected chi connectivity index (χ3v) is 10.9. The molecule has 4 aliphatic carbocycles. The first-order valence-electron chi connectivity index (χ1n) is 14.1. The van der Waals surface area contributed by atoms with Gasteiger partial charge in [-0.1, -0.05) is 79.4 Å². The van der Waals surface area contributed by atoms with Crippen LogP contribution in [0.5, 0.6) is 0 Å². The van der Waals surface area contributed by atoms with E-state index in [1.54, 1.807) is 0 Å². The van der Waals surface area contributed by atoms with Crippen molar-refractivity contribution >= 4 is 0 Å². The number of hydrogen-bond acceptors (Lipinski definition) is 1. The summed E-state index contributed by atoms with van der Waals surface area (Å²) in [6.45, 7) is 17.4. The van der Waals surface area contributed by atoms with E-state index >= 15 is 0 Å². The lowest BCUT2D eigenvalue weighted by atomic mass is 9.46. The predicted molar refractivity (Wildman–Crippen MR) is 135 cm³/mol. The largest absolute Gasteiger partial charge is 0.308 e. The molecule has 0 saturated heterocycles. The highest BCUT2D eigenvalue weighted by atomic mass is 14.9. The maximum Gasteiger partial charge on any atom is 0.0255 e. The van der Waals surface area contributed by atoms with Gasteiger partial charge < -0.3 is 5.32 Å². The Balaban J connectivity index is 1.46. The molecule has 1 N–H and O–H groups in total. The molecule has 0 aromatic heterocycles. The minimum absolute atomic E-state index is 0.500. The summed E-state index contributed by atoms with van der Waals surface area (Å²) in [5.41, 5.74) is 2.96. The van der Waals surface area contributed by atoms with E-state index in [0.717, 1.165) is 35.5 Å². The van der Waals surface area contributed by atoms with Gasteiger partial charge in [0.15, 0.2) is 0 Å². The third-order valence-electron chi connectivity index (χ3n) is 10.9. The van der Waals surface area contributed by atoms with Gasteiger partial charge in [-0.05, 0) is 97.7 Å². The lowest BCUT2D eigenvalue weighted by Crippen LogP contribution is -2.52. The molecular formula is C30H53N. The maximum absolute atomic E-state index is 3.81. The minimum Gasteiger partial charge on any atom is -0.308 e. The average Bonchev–Trinajstić information content (AvgIpc) is 3.05. The molecule has 0 heterocycles. The summed E-state index contributed by atoms with van der Waals surface area (Å²) in [7, 11) is 0. The van der Waals surface area contributed by atoms with Crippen LogP contribution in [-0.2, 0) is 0 Å². The Kier molecular flexibility index (Phi) is 7.04. The molecule has 1 heteroatoms. The summed E-state index contributed by atoms with van der Waals surface area (Å²) >= 11 is 0. The number of fused-ring (bicyclic) bond motifs is 5. The molecule has 4 rings (SSSR count). The minimum atomic E-state index is 0.500. The lowest BCUT2D eigenvalue weighted by Gasteiger charge is -2.59. The molecule has 3 fully saturated rings. The first-order valence-corrected chi connectivity index (χ1v) is 14.1. The van der Waals surface area contributed by atoms with Crippen LogP contribution in [0.3, 0.4) is 0 Å². The molecule has 0 aromatic carbocycles. The van der Waals surface area contributed by atoms with Crippen LogP contribution in [0, 0.1) is 46.3 Å². The summed E-state index contributed by atoms with van der Waals surface area (Å²) in [6, 6.07) is 1.21. The van der Waals surface area contributed by atoms with Crippen molar-refractivity contribution in [2.45, 2.75) is 131 Å². The van der Waals surface area contributed by atoms with Gasteiger partial charge in [-0.15, -0.1) is 0 Å². The van der Waals surface area contributed by atoms with E-state index in [1.807, 2.05) is 5.57 Å². The molecule has 1 nitrogen and oxygen atoms in total. The molecule has 0 bridgehead atoms. The van der Waals surface area contributed by atoms with Crippen molar-refractivity contribution in [2.24, 2.45) is 46.3 Å². The van der Waals surface area contributed by atoms with Crippen LogP contribution in [0.4, 0.5) is 0 Å². The molecule has 8 atom stereocenters. The van der Waals surface area contributed by atoms with Gasteiger partial charge >= 0.3 is 0 Å². The van der Waals surface area contributed by atoms with Crippen LogP contribution in [0.15, 0.2) is 11.6 Å². The fourth-order valence-corrected chi connectivity index (χ4v) is 9.31. The highest BCUT2D eigenvalue weighted by molar-refractivity contribution is 5.26. The van der Waals surface area contributed by atoms with E-state index in [9.17, 15) is 0 Å². The van der Waals surface area contributed by atoms with E-state index in [0.29, 0.717) is 22.9 Å². The summed E-state index contributed by atoms with van der Waals surface area (Å²) in [5, 5.41) is 3.81. The Morgan fingerprint density at radius 3 is 2.39 bits per heavy atom. The Morgan fingerprint density at radius 1 is 0.903 bits per heavy atom. The number of hydrogen-bond donors (Lipinski definition) is 1. The van der Waals surface area contributed by atoms with E-state index in [4.69, 9.17) is 0 Å². The van der Waals surface area contributed by atoms with Crippen molar-refractivity contribution in [3.05, 3.63) is 11.6 Å². The topological polar surface area (TPSA) is 12.0 Å². The van der Waals surface area contributed by atoms with E-state index in [-0.39, 0.29) is 0 Å². The van der Waals surface area contributed by atoms with Crippen LogP contribution < -0.4 is 5.32 Å². The molecule has 0 spiro atoms. The summed E-state index contributed by atoms with van der Waals surface area (Å²) < 4.78 is 0. The monoisotopic (exact) mass is 427 g/mol. The molecule has 0 aromatic rings. The quantitative estimate of drug-likeness (QED) is 0.402. The second kappa shape index (κ2) is 9.15. The molecule has 4 unspecified atom stereocenters. The van der Waals surface area contributed by atoms with Crippen molar-refractivity contribution in [3.8, 4) is 0 Å². The van der Waals surface area contributed by atoms with Gasteiger partial charge in [0.05, 0.1) is 0 Å². The zero-order valence-corrected chi connectivity index (χ0v) is 22.0. The van der Waals surface area contributed by atoms with Crippen LogP contribution >= 0.6 is 0 Å². The predicted octanol–water partition coefficient (Wildman–Crippen LogP) is 8.39. The third kappa shape index (κ3) is 4.43. The van der Waals surface area contributed by atoms with Crippen LogP contribution in [-0.4, -0.2) is 12.1 Å². The maximum atomic E-state index is 3.81. The Labute approximate surface area is 194 Å². The molecule has 31 heavy (non-hydrogen) atoms. The van der Waals surface area contributed by atoms with Crippen LogP contribution in [0.2, 0.25) is 0 Å². The first kappa shape index (κ1) is 23.8. The fourth-order valence-electron chi connectivity index (χ4n) is 9.31. The van der Waals surface area contributed by atoms with E-state index in [1.165, 1.54) is 70.6 Å². The van der Waals surface area contributed by atoms with Crippen molar-refractivity contribution < 1.29 is 0 Å². The molecular weight excluding hydrogens is 374 g/mol. The highest BCUT2D eigenvalue weighted by Crippen LogP contribution is 2.67. The zero-order chi connectivity index (χ0) is 22.4. The lowest BCUT2D eigenvalue weighted by molar-refractivity contribution is -0.0600. The zero-order valence-electron chi connectivity index (χ0n) is 22.0. The summed E-state index contributed by atoms with van der Waals surface area (Å²) in [5.74, 6) is 5.75. The van der Waals surface area contributed by atoms with E-state index in [2.05, 4.69) is 59.9 Å². The standard InChI is InChI=1S/C30H53N/c1-20(2)9-8-10-22(5)26-13-14-27-25-12-11-23-19-24(31-21(3)4)15-17-29(23,6)28(25)16-18-30(26,27)7/h19-22,24-28,31H,8-18H2,1-7H3/t22-,24-,25?,26?,27?,28?,29-,30+/m0/s1. The second-order valence-corrected chi connectivity index (χ2v) is 13.5. The van der Waals surface area contributed by atoms with Crippen molar-refractivity contribution in [1.82, 2.24) is 5.32 Å². The van der Waals surface area contributed by atoms with Crippen LogP contribution in [0.1, 0.15) is 119 Å². The Hall–Kier alpha value is -0.300. The Bertz CT molecular complexity index is 647. The smallest absolute Gasteiger partial charge is 0.0255 e. The second-order valence-electron chi connectivity index (χ2n) is 13.5. The average molecular weight is 428 g/mol. The molecule has 0 amide bonds. The van der Waals surface area contributed by atoms with Gasteiger partial charge in [-0.2, -0.15) is 0 Å². The molecule has 0 radical (unpaired) electrons. The van der Waals surface area contributed by atoms with Gasteiger partial charge in [0.2, 0.25) is 0 Å². The molecule has 3 saturated carbocycles. The van der Waals surface area contributed by atoms with Gasteiger partial charge in [-0.3, -0.25) is 0 Å². The highest BCUT2D eigenvalue weighted by Gasteiger charge is 2.59. The summed E-state index contributed by atoms with van der Waals surface area (Å²) in [4.78, 5) is 0. The molecule has 4 aliphatic rings. The SMILES string of the molecule is CC(C)CCC[C@H](C)C1CCC2C3CCC4=C[C@@H](NC(C)C)CC[C@]4(C)C3CC[C@@]21C. The number of rotatable bonds is 7. The first-order chi connectivity index (χ1) is 14.6. The summed E-state index contributed by atoms with van der Waals surface area (Å²) in [6.07, 6.45) is 18.7. The number of nitrogens with one attached hydrogen (secondary N) is 1.